The van der Waals surface area contributed by atoms with Gasteiger partial charge in [0, 0.05) is 48.6 Å². The van der Waals surface area contributed by atoms with Crippen LogP contribution in [0.1, 0.15) is 10.4 Å². The maximum absolute atomic E-state index is 13.2. The number of amides is 1. The number of hydrogen-bond acceptors (Lipinski definition) is 3. The second-order valence-corrected chi connectivity index (χ2v) is 7.16. The van der Waals surface area contributed by atoms with Crippen LogP contribution in [0.2, 0.25) is 5.02 Å². The lowest BCUT2D eigenvalue weighted by atomic mass is 10.0. The summed E-state index contributed by atoms with van der Waals surface area (Å²) in [4.78, 5) is 32.3. The first kappa shape index (κ1) is 18.3. The number of carbonyl (C=O) groups is 1. The summed E-state index contributed by atoms with van der Waals surface area (Å²) in [5.41, 5.74) is 2.40. The minimum Gasteiger partial charge on any atom is -0.368 e. The lowest BCUT2D eigenvalue weighted by molar-refractivity contribution is 0.0746. The Kier molecular flexibility index (Phi) is 5.17. The Balaban J connectivity index is 1.56. The molecular formula is C22H20ClN3O2. The number of nitrogens with zero attached hydrogens (tertiary/aromatic N) is 2. The lowest BCUT2D eigenvalue weighted by Crippen LogP contribution is -2.49. The van der Waals surface area contributed by atoms with E-state index in [0.29, 0.717) is 36.8 Å². The van der Waals surface area contributed by atoms with Gasteiger partial charge in [0.15, 0.2) is 0 Å². The lowest BCUT2D eigenvalue weighted by Gasteiger charge is -2.36. The molecule has 28 heavy (non-hydrogen) atoms. The van der Waals surface area contributed by atoms with Gasteiger partial charge in [-0.2, -0.15) is 0 Å². The monoisotopic (exact) mass is 393 g/mol. The van der Waals surface area contributed by atoms with Crippen LogP contribution in [0.15, 0.2) is 71.7 Å². The van der Waals surface area contributed by atoms with Crippen molar-refractivity contribution in [3.63, 3.8) is 0 Å². The second-order valence-electron chi connectivity index (χ2n) is 6.72. The zero-order chi connectivity index (χ0) is 19.5. The molecule has 0 bridgehead atoms. The Hall–Kier alpha value is -3.05. The summed E-state index contributed by atoms with van der Waals surface area (Å²) < 4.78 is 0. The van der Waals surface area contributed by atoms with Crippen LogP contribution in [-0.4, -0.2) is 42.0 Å². The number of anilines is 1. The molecule has 2 aromatic carbocycles. The van der Waals surface area contributed by atoms with Gasteiger partial charge in [-0.1, -0.05) is 48.0 Å². The molecule has 1 aromatic heterocycles. The van der Waals surface area contributed by atoms with Crippen molar-refractivity contribution < 1.29 is 4.79 Å². The predicted octanol–water partition coefficient (Wildman–Crippen LogP) is 3.66. The van der Waals surface area contributed by atoms with Gasteiger partial charge in [0.25, 0.3) is 11.5 Å². The number of piperazine rings is 1. The van der Waals surface area contributed by atoms with Crippen molar-refractivity contribution in [1.29, 1.82) is 0 Å². The first-order valence-corrected chi connectivity index (χ1v) is 9.58. The predicted molar refractivity (Wildman–Crippen MR) is 112 cm³/mol. The molecule has 6 heteroatoms. The maximum atomic E-state index is 13.2. The van der Waals surface area contributed by atoms with Crippen LogP contribution in [0.5, 0.6) is 0 Å². The Bertz CT molecular complexity index is 1040. The molecule has 0 aliphatic carbocycles. The molecule has 5 nitrogen and oxygen atoms in total. The van der Waals surface area contributed by atoms with Gasteiger partial charge in [-0.15, -0.1) is 0 Å². The highest BCUT2D eigenvalue weighted by Crippen LogP contribution is 2.24. The van der Waals surface area contributed by atoms with Gasteiger partial charge in [0.05, 0.1) is 0 Å². The van der Waals surface area contributed by atoms with Crippen LogP contribution >= 0.6 is 11.6 Å². The summed E-state index contributed by atoms with van der Waals surface area (Å²) in [5, 5.41) is 0.694. The van der Waals surface area contributed by atoms with E-state index >= 15 is 0 Å². The molecule has 1 amide bonds. The zero-order valence-corrected chi connectivity index (χ0v) is 16.0. The fourth-order valence-corrected chi connectivity index (χ4v) is 3.73. The van der Waals surface area contributed by atoms with Crippen molar-refractivity contribution in [2.45, 2.75) is 0 Å². The summed E-state index contributed by atoms with van der Waals surface area (Å²) in [6, 6.07) is 19.0. The second kappa shape index (κ2) is 7.90. The molecule has 3 aromatic rings. The first-order chi connectivity index (χ1) is 13.6. The summed E-state index contributed by atoms with van der Waals surface area (Å²) >= 11 is 6.09. The third kappa shape index (κ3) is 3.66. The molecule has 142 valence electrons. The topological polar surface area (TPSA) is 56.4 Å². The van der Waals surface area contributed by atoms with Crippen LogP contribution < -0.4 is 10.5 Å². The fraction of sp³-hybridized carbons (Fsp3) is 0.182. The number of aromatic amines is 1. The number of carbonyl (C=O) groups excluding carboxylic acids is 1. The van der Waals surface area contributed by atoms with E-state index in [-0.39, 0.29) is 17.0 Å². The number of halogens is 1. The van der Waals surface area contributed by atoms with E-state index in [1.165, 1.54) is 0 Å². The van der Waals surface area contributed by atoms with Gasteiger partial charge in [-0.05, 0) is 29.8 Å². The van der Waals surface area contributed by atoms with Crippen LogP contribution in [0.25, 0.3) is 11.1 Å². The zero-order valence-electron chi connectivity index (χ0n) is 15.3. The SMILES string of the molecule is O=C(c1c(-c2ccccc2)cc[nH]c1=O)N1CCN(c2cccc(Cl)c2)CC1. The number of nitrogens with one attached hydrogen (secondary N) is 1. The van der Waals surface area contributed by atoms with Gasteiger partial charge in [0.2, 0.25) is 0 Å². The van der Waals surface area contributed by atoms with Gasteiger partial charge < -0.3 is 14.8 Å². The standard InChI is InChI=1S/C22H20ClN3O2/c23-17-7-4-8-18(15-17)25-11-13-26(14-12-25)22(28)20-19(9-10-24-21(20)27)16-5-2-1-3-6-16/h1-10,15H,11-14H2,(H,24,27). The van der Waals surface area contributed by atoms with E-state index in [4.69, 9.17) is 11.6 Å². The number of H-pyrrole nitrogens is 1. The smallest absolute Gasteiger partial charge is 0.261 e. The largest absolute Gasteiger partial charge is 0.368 e. The molecule has 1 N–H and O–H groups in total. The molecule has 0 atom stereocenters. The van der Waals surface area contributed by atoms with E-state index < -0.39 is 0 Å². The van der Waals surface area contributed by atoms with Gasteiger partial charge >= 0.3 is 0 Å². The minimum atomic E-state index is -0.358. The van der Waals surface area contributed by atoms with Crippen molar-refractivity contribution in [3.05, 3.63) is 87.8 Å². The Morgan fingerprint density at radius 1 is 0.929 bits per heavy atom. The molecule has 1 aliphatic heterocycles. The fourth-order valence-electron chi connectivity index (χ4n) is 3.55. The van der Waals surface area contributed by atoms with Crippen molar-refractivity contribution in [3.8, 4) is 11.1 Å². The average Bonchev–Trinajstić information content (AvgIpc) is 2.74. The molecule has 0 spiro atoms. The van der Waals surface area contributed by atoms with Crippen LogP contribution in [0.4, 0.5) is 5.69 Å². The van der Waals surface area contributed by atoms with Crippen molar-refractivity contribution in [1.82, 2.24) is 9.88 Å². The van der Waals surface area contributed by atoms with E-state index in [2.05, 4.69) is 9.88 Å². The molecular weight excluding hydrogens is 374 g/mol. The molecule has 0 unspecified atom stereocenters. The highest BCUT2D eigenvalue weighted by atomic mass is 35.5. The Morgan fingerprint density at radius 3 is 2.39 bits per heavy atom. The van der Waals surface area contributed by atoms with E-state index in [0.717, 1.165) is 11.3 Å². The van der Waals surface area contributed by atoms with Crippen molar-refractivity contribution >= 4 is 23.2 Å². The number of hydrogen-bond donors (Lipinski definition) is 1. The molecule has 1 saturated heterocycles. The Labute approximate surface area is 168 Å². The summed E-state index contributed by atoms with van der Waals surface area (Å²) in [6.07, 6.45) is 1.58. The van der Waals surface area contributed by atoms with Gasteiger partial charge in [-0.3, -0.25) is 9.59 Å². The summed E-state index contributed by atoms with van der Waals surface area (Å²) in [6.45, 7) is 2.48. The summed E-state index contributed by atoms with van der Waals surface area (Å²) in [7, 11) is 0. The molecule has 1 fully saturated rings. The van der Waals surface area contributed by atoms with E-state index in [1.807, 2.05) is 54.6 Å². The van der Waals surface area contributed by atoms with Gasteiger partial charge in [0.1, 0.15) is 5.56 Å². The van der Waals surface area contributed by atoms with Crippen LogP contribution in [-0.2, 0) is 0 Å². The summed E-state index contributed by atoms with van der Waals surface area (Å²) in [5.74, 6) is -0.230. The third-order valence-corrected chi connectivity index (χ3v) is 5.23. The van der Waals surface area contributed by atoms with E-state index in [1.54, 1.807) is 17.2 Å². The van der Waals surface area contributed by atoms with E-state index in [9.17, 15) is 9.59 Å². The van der Waals surface area contributed by atoms with Gasteiger partial charge in [-0.25, -0.2) is 0 Å². The minimum absolute atomic E-state index is 0.199. The normalized spacial score (nSPS) is 14.2. The Morgan fingerprint density at radius 2 is 1.68 bits per heavy atom. The van der Waals surface area contributed by atoms with Crippen LogP contribution in [0, 0.1) is 0 Å². The molecule has 2 heterocycles. The quantitative estimate of drug-likeness (QED) is 0.738. The van der Waals surface area contributed by atoms with Crippen molar-refractivity contribution in [2.75, 3.05) is 31.1 Å². The number of rotatable bonds is 3. The first-order valence-electron chi connectivity index (χ1n) is 9.20. The van der Waals surface area contributed by atoms with Crippen LogP contribution in [0.3, 0.4) is 0 Å². The third-order valence-electron chi connectivity index (χ3n) is 5.00. The molecule has 0 radical (unpaired) electrons. The average molecular weight is 394 g/mol. The number of aromatic nitrogens is 1. The molecule has 4 rings (SSSR count). The molecule has 0 saturated carbocycles. The highest BCUT2D eigenvalue weighted by molar-refractivity contribution is 6.30. The highest BCUT2D eigenvalue weighted by Gasteiger charge is 2.26. The number of benzene rings is 2. The maximum Gasteiger partial charge on any atom is 0.261 e. The van der Waals surface area contributed by atoms with Crippen molar-refractivity contribution in [2.24, 2.45) is 0 Å². The number of pyridine rings is 1. The molecule has 1 aliphatic rings.